The Bertz CT molecular complexity index is 1620. The van der Waals surface area contributed by atoms with Gasteiger partial charge in [-0.3, -0.25) is 4.79 Å². The highest BCUT2D eigenvalue weighted by atomic mass is 16.5. The smallest absolute Gasteiger partial charge is 0.251 e. The molecule has 0 unspecified atom stereocenters. The summed E-state index contributed by atoms with van der Waals surface area (Å²) in [4.78, 5) is 28.2. The second-order valence-electron chi connectivity index (χ2n) is 9.49. The summed E-state index contributed by atoms with van der Waals surface area (Å²) in [6.07, 6.45) is 5.40. The van der Waals surface area contributed by atoms with Crippen LogP contribution >= 0.6 is 0 Å². The van der Waals surface area contributed by atoms with Crippen molar-refractivity contribution in [1.82, 2.24) is 25.3 Å². The quantitative estimate of drug-likeness (QED) is 0.211. The normalized spacial score (nSPS) is 13.8. The van der Waals surface area contributed by atoms with Crippen molar-refractivity contribution in [3.8, 4) is 34.0 Å². The number of aromatic nitrogens is 4. The Morgan fingerprint density at radius 2 is 1.82 bits per heavy atom. The van der Waals surface area contributed by atoms with Crippen LogP contribution in [0.2, 0.25) is 0 Å². The number of ether oxygens (including phenoxy) is 3. The van der Waals surface area contributed by atoms with E-state index >= 15 is 0 Å². The number of carbonyl (C=O) groups excluding carboxylic acids is 1. The molecule has 5 aromatic rings. The number of benzene rings is 2. The average Bonchev–Trinajstić information content (AvgIpc) is 3.69. The van der Waals surface area contributed by atoms with Gasteiger partial charge in [-0.25, -0.2) is 0 Å². The zero-order valence-electron chi connectivity index (χ0n) is 22.3. The first-order chi connectivity index (χ1) is 19.6. The summed E-state index contributed by atoms with van der Waals surface area (Å²) in [6, 6.07) is 17.5. The van der Waals surface area contributed by atoms with Gasteiger partial charge in [0.1, 0.15) is 17.5 Å². The molecule has 1 aliphatic rings. The lowest BCUT2D eigenvalue weighted by Gasteiger charge is -2.23. The molecule has 204 valence electrons. The van der Waals surface area contributed by atoms with Crippen LogP contribution in [0.15, 0.2) is 67.0 Å². The van der Waals surface area contributed by atoms with E-state index < -0.39 is 0 Å². The van der Waals surface area contributed by atoms with E-state index in [0.29, 0.717) is 47.7 Å². The Hall–Kier alpha value is -4.83. The highest BCUT2D eigenvalue weighted by Gasteiger charge is 2.22. The van der Waals surface area contributed by atoms with Gasteiger partial charge in [-0.05, 0) is 41.5 Å². The Balaban J connectivity index is 1.38. The van der Waals surface area contributed by atoms with Gasteiger partial charge < -0.3 is 34.8 Å². The first-order valence-corrected chi connectivity index (χ1v) is 13.2. The van der Waals surface area contributed by atoms with Gasteiger partial charge in [0.05, 0.1) is 31.4 Å². The molecule has 3 aromatic heterocycles. The minimum Gasteiger partial charge on any atom is -0.495 e. The van der Waals surface area contributed by atoms with Gasteiger partial charge in [-0.15, -0.1) is 0 Å². The number of H-pyrrole nitrogens is 2. The van der Waals surface area contributed by atoms with E-state index in [-0.39, 0.29) is 12.0 Å². The summed E-state index contributed by atoms with van der Waals surface area (Å²) in [7, 11) is 3.14. The first kappa shape index (κ1) is 25.4. The monoisotopic (exact) mass is 538 g/mol. The summed E-state index contributed by atoms with van der Waals surface area (Å²) < 4.78 is 17.6. The minimum absolute atomic E-state index is 0.0147. The third-order valence-corrected chi connectivity index (χ3v) is 6.99. The molecule has 1 aliphatic heterocycles. The van der Waals surface area contributed by atoms with Crippen molar-refractivity contribution >= 4 is 28.6 Å². The molecule has 4 heterocycles. The van der Waals surface area contributed by atoms with Crippen molar-refractivity contribution in [2.75, 3.05) is 32.7 Å². The van der Waals surface area contributed by atoms with Crippen LogP contribution in [0.1, 0.15) is 23.2 Å². The zero-order valence-corrected chi connectivity index (χ0v) is 22.3. The second-order valence-corrected chi connectivity index (χ2v) is 9.49. The molecule has 0 bridgehead atoms. The van der Waals surface area contributed by atoms with Crippen molar-refractivity contribution in [3.05, 3.63) is 72.6 Å². The lowest BCUT2D eigenvalue weighted by Crippen LogP contribution is -2.26. The van der Waals surface area contributed by atoms with Crippen LogP contribution in [0.4, 0.5) is 11.6 Å². The van der Waals surface area contributed by atoms with E-state index in [2.05, 4.69) is 44.9 Å². The Kier molecular flexibility index (Phi) is 7.07. The number of nitrogens with zero attached hydrogens (tertiary/aromatic N) is 2. The molecule has 1 amide bonds. The van der Waals surface area contributed by atoms with Crippen molar-refractivity contribution in [2.45, 2.75) is 18.9 Å². The van der Waals surface area contributed by atoms with Crippen molar-refractivity contribution in [3.63, 3.8) is 0 Å². The zero-order chi connectivity index (χ0) is 27.5. The molecule has 1 fully saturated rings. The molecule has 4 N–H and O–H groups in total. The number of anilines is 2. The third-order valence-electron chi connectivity index (χ3n) is 6.99. The van der Waals surface area contributed by atoms with Crippen molar-refractivity contribution in [2.24, 2.45) is 0 Å². The number of fused-ring (bicyclic) bond motifs is 1. The topological polar surface area (TPSA) is 126 Å². The molecule has 0 radical (unpaired) electrons. The van der Waals surface area contributed by atoms with E-state index in [1.54, 1.807) is 32.4 Å². The lowest BCUT2D eigenvalue weighted by atomic mass is 10.0. The van der Waals surface area contributed by atoms with E-state index in [1.807, 2.05) is 24.5 Å². The third kappa shape index (κ3) is 5.08. The molecular formula is C30H30N6O4. The van der Waals surface area contributed by atoms with Crippen LogP contribution in [0.25, 0.3) is 33.4 Å². The van der Waals surface area contributed by atoms with Crippen LogP contribution in [0, 0.1) is 0 Å². The molecule has 0 atom stereocenters. The molecule has 0 spiro atoms. The summed E-state index contributed by atoms with van der Waals surface area (Å²) in [6.45, 7) is 1.30. The number of aromatic amines is 2. The average molecular weight is 539 g/mol. The van der Waals surface area contributed by atoms with E-state index in [4.69, 9.17) is 24.2 Å². The predicted molar refractivity (Wildman–Crippen MR) is 153 cm³/mol. The molecule has 0 aliphatic carbocycles. The molecule has 6 rings (SSSR count). The van der Waals surface area contributed by atoms with Crippen LogP contribution in [-0.4, -0.2) is 59.3 Å². The standard InChI is InChI=1S/C30H30N6O4/c1-31-28(37)20-9-10-24(25(16-20)38-2)34-30-35-27-26(29(36-30)40-21-11-14-39-15-12-21)22(17-33-27)18-5-7-19(8-6-18)23-4-3-13-32-23/h3-10,13,16-17,21,32H,11-12,14-15H2,1-2H3,(H,31,37)(H2,33,34,35,36). The summed E-state index contributed by atoms with van der Waals surface area (Å²) >= 11 is 0. The number of hydrogen-bond acceptors (Lipinski definition) is 7. The van der Waals surface area contributed by atoms with Gasteiger partial charge in [0.25, 0.3) is 5.91 Å². The van der Waals surface area contributed by atoms with Crippen LogP contribution in [0.3, 0.4) is 0 Å². The maximum absolute atomic E-state index is 12.1. The fraction of sp³-hybridized carbons (Fsp3) is 0.233. The number of methoxy groups -OCH3 is 1. The summed E-state index contributed by atoms with van der Waals surface area (Å²) in [5.74, 6) is 1.13. The van der Waals surface area contributed by atoms with Gasteiger partial charge in [-0.2, -0.15) is 9.97 Å². The molecule has 10 nitrogen and oxygen atoms in total. The SMILES string of the molecule is CNC(=O)c1ccc(Nc2nc(OC3CCOCC3)c3c(-c4ccc(-c5ccc[nH]5)cc4)c[nH]c3n2)c(OC)c1. The van der Waals surface area contributed by atoms with E-state index in [9.17, 15) is 4.79 Å². The molecular weight excluding hydrogens is 508 g/mol. The highest BCUT2D eigenvalue weighted by molar-refractivity contribution is 5.98. The molecule has 2 aromatic carbocycles. The van der Waals surface area contributed by atoms with Gasteiger partial charge in [0, 0.05) is 49.1 Å². The lowest BCUT2D eigenvalue weighted by molar-refractivity contribution is 0.0244. The van der Waals surface area contributed by atoms with Crippen LogP contribution < -0.4 is 20.1 Å². The largest absolute Gasteiger partial charge is 0.495 e. The Morgan fingerprint density at radius 1 is 1.02 bits per heavy atom. The molecule has 0 saturated carbocycles. The molecule has 10 heteroatoms. The van der Waals surface area contributed by atoms with Crippen LogP contribution in [0.5, 0.6) is 11.6 Å². The minimum atomic E-state index is -0.200. The van der Waals surface area contributed by atoms with E-state index in [0.717, 1.165) is 40.6 Å². The second kappa shape index (κ2) is 11.1. The van der Waals surface area contributed by atoms with E-state index in [1.165, 1.54) is 0 Å². The van der Waals surface area contributed by atoms with Gasteiger partial charge in [0.2, 0.25) is 11.8 Å². The first-order valence-electron chi connectivity index (χ1n) is 13.2. The number of rotatable bonds is 8. The Labute approximate surface area is 231 Å². The fourth-order valence-electron chi connectivity index (χ4n) is 4.86. The fourth-order valence-corrected chi connectivity index (χ4v) is 4.86. The maximum atomic E-state index is 12.1. The number of amides is 1. The number of nitrogens with one attached hydrogen (secondary N) is 4. The van der Waals surface area contributed by atoms with Crippen molar-refractivity contribution < 1.29 is 19.0 Å². The van der Waals surface area contributed by atoms with Gasteiger partial charge in [-0.1, -0.05) is 24.3 Å². The summed E-state index contributed by atoms with van der Waals surface area (Å²) in [5.41, 5.74) is 5.89. The summed E-state index contributed by atoms with van der Waals surface area (Å²) in [5, 5.41) is 6.68. The van der Waals surface area contributed by atoms with Crippen LogP contribution in [-0.2, 0) is 4.74 Å². The molecule has 40 heavy (non-hydrogen) atoms. The predicted octanol–water partition coefficient (Wildman–Crippen LogP) is 5.29. The van der Waals surface area contributed by atoms with Gasteiger partial charge >= 0.3 is 0 Å². The highest BCUT2D eigenvalue weighted by Crippen LogP contribution is 2.37. The molecule has 1 saturated heterocycles. The number of carbonyl (C=O) groups is 1. The number of hydrogen-bond donors (Lipinski definition) is 4. The van der Waals surface area contributed by atoms with Crippen molar-refractivity contribution in [1.29, 1.82) is 0 Å². The Morgan fingerprint density at radius 3 is 2.55 bits per heavy atom. The maximum Gasteiger partial charge on any atom is 0.251 e. The van der Waals surface area contributed by atoms with Gasteiger partial charge in [0.15, 0.2) is 0 Å².